The number of Topliss-reactive ketones (excluding diaryl/α,β-unsaturated/α-hetero) is 1. The van der Waals surface area contributed by atoms with E-state index in [4.69, 9.17) is 0 Å². The first-order valence-electron chi connectivity index (χ1n) is 7.55. The van der Waals surface area contributed by atoms with Crippen molar-refractivity contribution in [1.82, 2.24) is 14.8 Å². The summed E-state index contributed by atoms with van der Waals surface area (Å²) in [6.45, 7) is 5.86. The first kappa shape index (κ1) is 14.9. The Hall–Kier alpha value is -1.45. The third kappa shape index (κ3) is 3.78. The summed E-state index contributed by atoms with van der Waals surface area (Å²) in [4.78, 5) is 16.6. The number of carbonyl (C=O) groups is 1. The van der Waals surface area contributed by atoms with Crippen LogP contribution in [0.4, 0.5) is 0 Å². The van der Waals surface area contributed by atoms with Gasteiger partial charge in [0, 0.05) is 5.41 Å². The van der Waals surface area contributed by atoms with Crippen LogP contribution in [-0.2, 0) is 4.79 Å². The van der Waals surface area contributed by atoms with Crippen LogP contribution in [0.1, 0.15) is 58.9 Å². The molecule has 0 radical (unpaired) electrons. The van der Waals surface area contributed by atoms with Gasteiger partial charge in [0.25, 0.3) is 0 Å². The molecule has 0 bridgehead atoms. The van der Waals surface area contributed by atoms with E-state index in [0.29, 0.717) is 5.92 Å². The number of rotatable bonds is 4. The summed E-state index contributed by atoms with van der Waals surface area (Å²) in [6, 6.07) is -0.334. The number of carbonyl (C=O) groups excluding carboxylic acids is 1. The molecule has 1 aliphatic carbocycles. The molecule has 1 fully saturated rings. The fourth-order valence-electron chi connectivity index (χ4n) is 2.69. The van der Waals surface area contributed by atoms with Gasteiger partial charge in [-0.15, -0.1) is 0 Å². The molecule has 1 aliphatic rings. The van der Waals surface area contributed by atoms with Crippen molar-refractivity contribution in [3.05, 3.63) is 24.8 Å². The molecule has 0 N–H and O–H groups in total. The maximum Gasteiger partial charge on any atom is 0.166 e. The van der Waals surface area contributed by atoms with Gasteiger partial charge in [0.05, 0.1) is 0 Å². The van der Waals surface area contributed by atoms with Crippen molar-refractivity contribution in [3.8, 4) is 0 Å². The summed E-state index contributed by atoms with van der Waals surface area (Å²) in [6.07, 6.45) is 13.8. The minimum atomic E-state index is -0.381. The van der Waals surface area contributed by atoms with Crippen LogP contribution in [0.3, 0.4) is 0 Å². The molecular weight excluding hydrogens is 250 g/mol. The molecular formula is C16H25N3O. The van der Waals surface area contributed by atoms with Crippen LogP contribution in [0.5, 0.6) is 0 Å². The van der Waals surface area contributed by atoms with Crippen molar-refractivity contribution in [1.29, 1.82) is 0 Å². The molecule has 4 nitrogen and oxygen atoms in total. The quantitative estimate of drug-likeness (QED) is 0.789. The van der Waals surface area contributed by atoms with E-state index in [-0.39, 0.29) is 17.2 Å². The van der Waals surface area contributed by atoms with E-state index >= 15 is 0 Å². The average Bonchev–Trinajstić information content (AvgIpc) is 2.93. The van der Waals surface area contributed by atoms with Crippen molar-refractivity contribution in [2.75, 3.05) is 0 Å². The highest BCUT2D eigenvalue weighted by Crippen LogP contribution is 2.28. The monoisotopic (exact) mass is 275 g/mol. The third-order valence-corrected chi connectivity index (χ3v) is 3.94. The molecule has 0 saturated heterocycles. The molecule has 20 heavy (non-hydrogen) atoms. The van der Waals surface area contributed by atoms with Crippen molar-refractivity contribution >= 4 is 5.78 Å². The van der Waals surface area contributed by atoms with Gasteiger partial charge in [0.15, 0.2) is 5.78 Å². The molecule has 0 amide bonds. The van der Waals surface area contributed by atoms with E-state index in [1.807, 2.05) is 26.8 Å². The first-order chi connectivity index (χ1) is 9.48. The Balaban J connectivity index is 2.15. The number of aromatic nitrogens is 3. The minimum Gasteiger partial charge on any atom is -0.296 e. The SMILES string of the molecule is CC(C)(C)C(=O)C(/C=C/C1CCCCC1)n1cncn1. The predicted octanol–water partition coefficient (Wildman–Crippen LogP) is 3.57. The minimum absolute atomic E-state index is 0.176. The zero-order valence-electron chi connectivity index (χ0n) is 12.7. The molecule has 0 aromatic carbocycles. The Morgan fingerprint density at radius 1 is 1.30 bits per heavy atom. The smallest absolute Gasteiger partial charge is 0.166 e. The average molecular weight is 275 g/mol. The second kappa shape index (κ2) is 6.33. The van der Waals surface area contributed by atoms with Crippen LogP contribution in [0.2, 0.25) is 0 Å². The fraction of sp³-hybridized carbons (Fsp3) is 0.688. The Bertz CT molecular complexity index is 451. The Labute approximate surface area is 121 Å². The van der Waals surface area contributed by atoms with E-state index in [2.05, 4.69) is 16.2 Å². The van der Waals surface area contributed by atoms with Crippen LogP contribution in [-0.4, -0.2) is 20.5 Å². The van der Waals surface area contributed by atoms with Gasteiger partial charge < -0.3 is 0 Å². The van der Waals surface area contributed by atoms with Gasteiger partial charge in [-0.05, 0) is 18.8 Å². The van der Waals surface area contributed by atoms with Gasteiger partial charge in [-0.2, -0.15) is 5.10 Å². The number of allylic oxidation sites excluding steroid dienone is 2. The number of hydrogen-bond donors (Lipinski definition) is 0. The van der Waals surface area contributed by atoms with Crippen molar-refractivity contribution in [3.63, 3.8) is 0 Å². The highest BCUT2D eigenvalue weighted by Gasteiger charge is 2.29. The highest BCUT2D eigenvalue weighted by atomic mass is 16.1. The molecule has 1 saturated carbocycles. The first-order valence-corrected chi connectivity index (χ1v) is 7.55. The number of ketones is 1. The maximum atomic E-state index is 12.6. The predicted molar refractivity (Wildman–Crippen MR) is 79.2 cm³/mol. The van der Waals surface area contributed by atoms with Gasteiger partial charge in [0.2, 0.25) is 0 Å². The van der Waals surface area contributed by atoms with Crippen LogP contribution < -0.4 is 0 Å². The van der Waals surface area contributed by atoms with Gasteiger partial charge in [-0.3, -0.25) is 4.79 Å². The standard InChI is InChI=1S/C16H25N3O/c1-16(2,3)15(20)14(19-12-17-11-18-19)10-9-13-7-5-4-6-8-13/h9-14H,4-8H2,1-3H3/b10-9+. The summed E-state index contributed by atoms with van der Waals surface area (Å²) < 4.78 is 1.66. The van der Waals surface area contributed by atoms with E-state index in [0.717, 1.165) is 0 Å². The maximum absolute atomic E-state index is 12.6. The lowest BCUT2D eigenvalue weighted by Gasteiger charge is -2.23. The van der Waals surface area contributed by atoms with Gasteiger partial charge >= 0.3 is 0 Å². The lowest BCUT2D eigenvalue weighted by atomic mass is 9.84. The largest absolute Gasteiger partial charge is 0.296 e. The van der Waals surface area contributed by atoms with Gasteiger partial charge in [0.1, 0.15) is 18.7 Å². The normalized spacial score (nSPS) is 19.4. The van der Waals surface area contributed by atoms with Crippen LogP contribution in [0.25, 0.3) is 0 Å². The zero-order chi connectivity index (χ0) is 14.6. The topological polar surface area (TPSA) is 47.8 Å². The van der Waals surface area contributed by atoms with Crippen LogP contribution in [0, 0.1) is 11.3 Å². The Morgan fingerprint density at radius 3 is 2.55 bits per heavy atom. The van der Waals surface area contributed by atoms with Crippen LogP contribution in [0.15, 0.2) is 24.8 Å². The number of hydrogen-bond acceptors (Lipinski definition) is 3. The summed E-state index contributed by atoms with van der Waals surface area (Å²) in [5.74, 6) is 0.789. The second-order valence-corrected chi connectivity index (χ2v) is 6.72. The Kier molecular flexibility index (Phi) is 4.73. The molecule has 1 atom stereocenters. The molecule has 2 rings (SSSR count). The molecule has 110 valence electrons. The molecule has 4 heteroatoms. The van der Waals surface area contributed by atoms with Crippen molar-refractivity contribution in [2.45, 2.75) is 58.9 Å². The molecule has 0 aliphatic heterocycles. The molecule has 1 unspecified atom stereocenters. The highest BCUT2D eigenvalue weighted by molar-refractivity contribution is 5.88. The van der Waals surface area contributed by atoms with Gasteiger partial charge in [-0.25, -0.2) is 9.67 Å². The molecule has 1 heterocycles. The van der Waals surface area contributed by atoms with Gasteiger partial charge in [-0.1, -0.05) is 52.2 Å². The lowest BCUT2D eigenvalue weighted by molar-refractivity contribution is -0.128. The van der Waals surface area contributed by atoms with E-state index in [1.54, 1.807) is 11.0 Å². The molecule has 0 spiro atoms. The summed E-state index contributed by atoms with van der Waals surface area (Å²) >= 11 is 0. The zero-order valence-corrected chi connectivity index (χ0v) is 12.7. The third-order valence-electron chi connectivity index (χ3n) is 3.94. The second-order valence-electron chi connectivity index (χ2n) is 6.72. The summed E-state index contributed by atoms with van der Waals surface area (Å²) in [7, 11) is 0. The summed E-state index contributed by atoms with van der Waals surface area (Å²) in [5.41, 5.74) is -0.381. The fourth-order valence-corrected chi connectivity index (χ4v) is 2.69. The Morgan fingerprint density at radius 2 is 2.00 bits per heavy atom. The van der Waals surface area contributed by atoms with Crippen molar-refractivity contribution < 1.29 is 4.79 Å². The molecule has 1 aromatic heterocycles. The van der Waals surface area contributed by atoms with E-state index < -0.39 is 0 Å². The van der Waals surface area contributed by atoms with Crippen molar-refractivity contribution in [2.24, 2.45) is 11.3 Å². The molecule has 1 aromatic rings. The lowest BCUT2D eigenvalue weighted by Crippen LogP contribution is -2.30. The van der Waals surface area contributed by atoms with E-state index in [9.17, 15) is 4.79 Å². The van der Waals surface area contributed by atoms with E-state index in [1.165, 1.54) is 38.4 Å². The number of nitrogens with zero attached hydrogens (tertiary/aromatic N) is 3. The van der Waals surface area contributed by atoms with Crippen LogP contribution >= 0.6 is 0 Å². The summed E-state index contributed by atoms with van der Waals surface area (Å²) in [5, 5.41) is 4.15.